The molecule has 2 rings (SSSR count). The fourth-order valence-electron chi connectivity index (χ4n) is 1.60. The van der Waals surface area contributed by atoms with Gasteiger partial charge in [0.05, 0.1) is 10.0 Å². The molecule has 0 aliphatic carbocycles. The lowest BCUT2D eigenvalue weighted by atomic mass is 10.2. The molecule has 0 heterocycles. The second-order valence-electron chi connectivity index (χ2n) is 3.96. The van der Waals surface area contributed by atoms with Gasteiger partial charge in [-0.05, 0) is 45.8 Å². The molecule has 0 aromatic heterocycles. The number of hydrogen-bond acceptors (Lipinski definition) is 2. The van der Waals surface area contributed by atoms with Gasteiger partial charge in [-0.2, -0.15) is 0 Å². The molecule has 104 valence electrons. The number of carbonyl (C=O) groups is 1. The van der Waals surface area contributed by atoms with E-state index >= 15 is 0 Å². The first-order valence-electron chi connectivity index (χ1n) is 5.57. The first-order valence-corrected chi connectivity index (χ1v) is 6.74. The SMILES string of the molecule is O=C(O)c1ccc(OCc2cccc(Cl)c2)c(F)c1Br. The molecule has 0 bridgehead atoms. The number of carboxylic acids is 1. The maximum Gasteiger partial charge on any atom is 0.336 e. The van der Waals surface area contributed by atoms with Crippen LogP contribution < -0.4 is 4.74 Å². The summed E-state index contributed by atoms with van der Waals surface area (Å²) in [5.74, 6) is -1.98. The third kappa shape index (κ3) is 3.29. The molecule has 0 spiro atoms. The second-order valence-corrected chi connectivity index (χ2v) is 5.19. The van der Waals surface area contributed by atoms with E-state index in [2.05, 4.69) is 15.9 Å². The molecule has 1 N–H and O–H groups in total. The van der Waals surface area contributed by atoms with Crippen LogP contribution in [0.4, 0.5) is 4.39 Å². The average molecular weight is 360 g/mol. The van der Waals surface area contributed by atoms with Crippen LogP contribution in [0.15, 0.2) is 40.9 Å². The summed E-state index contributed by atoms with van der Waals surface area (Å²) in [6.07, 6.45) is 0. The van der Waals surface area contributed by atoms with E-state index in [1.54, 1.807) is 24.3 Å². The number of hydrogen-bond donors (Lipinski definition) is 1. The van der Waals surface area contributed by atoms with Crippen molar-refractivity contribution in [2.45, 2.75) is 6.61 Å². The number of halogens is 3. The van der Waals surface area contributed by atoms with Crippen molar-refractivity contribution in [1.82, 2.24) is 0 Å². The second kappa shape index (κ2) is 6.24. The Morgan fingerprint density at radius 2 is 2.10 bits per heavy atom. The monoisotopic (exact) mass is 358 g/mol. The molecule has 20 heavy (non-hydrogen) atoms. The van der Waals surface area contributed by atoms with Gasteiger partial charge in [-0.25, -0.2) is 9.18 Å². The minimum absolute atomic E-state index is 0.0261. The lowest BCUT2D eigenvalue weighted by Crippen LogP contribution is -2.03. The highest BCUT2D eigenvalue weighted by Crippen LogP contribution is 2.29. The molecule has 3 nitrogen and oxygen atoms in total. The average Bonchev–Trinajstić information content (AvgIpc) is 2.40. The summed E-state index contributed by atoms with van der Waals surface area (Å²) in [6.45, 7) is 0.135. The number of ether oxygens (including phenoxy) is 1. The van der Waals surface area contributed by atoms with Gasteiger partial charge in [0.25, 0.3) is 0 Å². The smallest absolute Gasteiger partial charge is 0.336 e. The molecular formula is C14H9BrClFO3. The lowest BCUT2D eigenvalue weighted by molar-refractivity contribution is 0.0695. The molecule has 0 unspecified atom stereocenters. The van der Waals surface area contributed by atoms with Crippen molar-refractivity contribution in [1.29, 1.82) is 0 Å². The van der Waals surface area contributed by atoms with E-state index in [1.807, 2.05) is 0 Å². The van der Waals surface area contributed by atoms with Crippen LogP contribution in [0.5, 0.6) is 5.75 Å². The highest BCUT2D eigenvalue weighted by atomic mass is 79.9. The van der Waals surface area contributed by atoms with Gasteiger partial charge in [0, 0.05) is 5.02 Å². The maximum atomic E-state index is 13.9. The molecule has 0 amide bonds. The number of aromatic carboxylic acids is 1. The summed E-state index contributed by atoms with van der Waals surface area (Å²) in [5, 5.41) is 9.43. The third-order valence-electron chi connectivity index (χ3n) is 2.56. The fraction of sp³-hybridized carbons (Fsp3) is 0.0714. The van der Waals surface area contributed by atoms with Gasteiger partial charge in [-0.1, -0.05) is 23.7 Å². The van der Waals surface area contributed by atoms with Crippen LogP contribution >= 0.6 is 27.5 Å². The zero-order valence-electron chi connectivity index (χ0n) is 10.1. The summed E-state index contributed by atoms with van der Waals surface area (Å²) in [6, 6.07) is 9.56. The first-order chi connectivity index (χ1) is 9.49. The highest BCUT2D eigenvalue weighted by molar-refractivity contribution is 9.10. The summed E-state index contributed by atoms with van der Waals surface area (Å²) >= 11 is 8.75. The van der Waals surface area contributed by atoms with Crippen LogP contribution in [0.1, 0.15) is 15.9 Å². The molecule has 0 aliphatic heterocycles. The number of carboxylic acid groups (broad SMARTS) is 1. The molecule has 0 fully saturated rings. The van der Waals surface area contributed by atoms with Gasteiger partial charge in [0.1, 0.15) is 6.61 Å². The topological polar surface area (TPSA) is 46.5 Å². The van der Waals surface area contributed by atoms with Crippen molar-refractivity contribution in [2.24, 2.45) is 0 Å². The van der Waals surface area contributed by atoms with E-state index in [4.69, 9.17) is 21.4 Å². The van der Waals surface area contributed by atoms with Crippen LogP contribution in [-0.4, -0.2) is 11.1 Å². The molecular weight excluding hydrogens is 351 g/mol. The Hall–Kier alpha value is -1.59. The minimum atomic E-state index is -1.21. The standard InChI is InChI=1S/C14H9BrClFO3/c15-12-10(14(18)19)4-5-11(13(12)17)20-7-8-2-1-3-9(16)6-8/h1-6H,7H2,(H,18,19). The minimum Gasteiger partial charge on any atom is -0.486 e. The first kappa shape index (κ1) is 14.8. The van der Waals surface area contributed by atoms with Gasteiger partial charge >= 0.3 is 5.97 Å². The Kier molecular flexibility index (Phi) is 4.62. The zero-order valence-corrected chi connectivity index (χ0v) is 12.4. The van der Waals surface area contributed by atoms with Crippen LogP contribution in [0.2, 0.25) is 5.02 Å². The van der Waals surface area contributed by atoms with E-state index in [0.29, 0.717) is 5.02 Å². The van der Waals surface area contributed by atoms with Crippen LogP contribution in [0.3, 0.4) is 0 Å². The van der Waals surface area contributed by atoms with Crippen molar-refractivity contribution in [2.75, 3.05) is 0 Å². The predicted octanol–water partition coefficient (Wildman–Crippen LogP) is 4.52. The normalized spacial score (nSPS) is 10.3. The molecule has 2 aromatic carbocycles. The number of rotatable bonds is 4. The van der Waals surface area contributed by atoms with E-state index in [-0.39, 0.29) is 22.4 Å². The van der Waals surface area contributed by atoms with Crippen LogP contribution in [0.25, 0.3) is 0 Å². The van der Waals surface area contributed by atoms with Gasteiger partial charge in [0.15, 0.2) is 11.6 Å². The Balaban J connectivity index is 2.18. The molecule has 0 atom stereocenters. The molecule has 0 radical (unpaired) electrons. The molecule has 2 aromatic rings. The summed E-state index contributed by atoms with van der Waals surface area (Å²) in [5.41, 5.74) is 0.632. The Morgan fingerprint density at radius 3 is 2.75 bits per heavy atom. The predicted molar refractivity (Wildman–Crippen MR) is 76.8 cm³/mol. The Bertz CT molecular complexity index is 661. The van der Waals surface area contributed by atoms with Crippen molar-refractivity contribution in [3.63, 3.8) is 0 Å². The summed E-state index contributed by atoms with van der Waals surface area (Å²) < 4.78 is 19.1. The van der Waals surface area contributed by atoms with E-state index in [9.17, 15) is 9.18 Å². The van der Waals surface area contributed by atoms with Crippen molar-refractivity contribution in [3.8, 4) is 5.75 Å². The molecule has 6 heteroatoms. The Labute approximate surface area is 128 Å². The van der Waals surface area contributed by atoms with Gasteiger partial charge in [-0.15, -0.1) is 0 Å². The Morgan fingerprint density at radius 1 is 1.35 bits per heavy atom. The van der Waals surface area contributed by atoms with Crippen molar-refractivity contribution >= 4 is 33.5 Å². The van der Waals surface area contributed by atoms with Crippen molar-refractivity contribution in [3.05, 3.63) is 62.8 Å². The van der Waals surface area contributed by atoms with Gasteiger partial charge in [-0.3, -0.25) is 0 Å². The fourth-order valence-corrected chi connectivity index (χ4v) is 2.31. The maximum absolute atomic E-state index is 13.9. The number of benzene rings is 2. The summed E-state index contributed by atoms with van der Waals surface area (Å²) in [4.78, 5) is 10.8. The quantitative estimate of drug-likeness (QED) is 0.873. The lowest BCUT2D eigenvalue weighted by Gasteiger charge is -2.10. The molecule has 0 aliphatic rings. The van der Waals surface area contributed by atoms with Gasteiger partial charge in [0.2, 0.25) is 0 Å². The van der Waals surface area contributed by atoms with E-state index < -0.39 is 11.8 Å². The largest absolute Gasteiger partial charge is 0.486 e. The van der Waals surface area contributed by atoms with Crippen LogP contribution in [0, 0.1) is 5.82 Å². The zero-order chi connectivity index (χ0) is 14.7. The molecule has 0 saturated carbocycles. The van der Waals surface area contributed by atoms with E-state index in [1.165, 1.54) is 12.1 Å². The summed E-state index contributed by atoms with van der Waals surface area (Å²) in [7, 11) is 0. The van der Waals surface area contributed by atoms with Crippen molar-refractivity contribution < 1.29 is 19.0 Å². The highest BCUT2D eigenvalue weighted by Gasteiger charge is 2.16. The molecule has 0 saturated heterocycles. The third-order valence-corrected chi connectivity index (χ3v) is 3.57. The van der Waals surface area contributed by atoms with E-state index in [0.717, 1.165) is 5.56 Å². The van der Waals surface area contributed by atoms with Gasteiger partial charge < -0.3 is 9.84 Å². The van der Waals surface area contributed by atoms with Crippen LogP contribution in [-0.2, 0) is 6.61 Å².